The molecule has 0 bridgehead atoms. The quantitative estimate of drug-likeness (QED) is 0.168. The largest absolute Gasteiger partial charge is 0.313 e. The van der Waals surface area contributed by atoms with Crippen LogP contribution < -0.4 is 4.90 Å². The summed E-state index contributed by atoms with van der Waals surface area (Å²) < 4.78 is 2.40. The Morgan fingerprint density at radius 2 is 1.25 bits per heavy atom. The molecule has 0 fully saturated rings. The fraction of sp³-hybridized carbons (Fsp3) is 0.0943. The molecule has 1 aliphatic carbocycles. The van der Waals surface area contributed by atoms with Crippen LogP contribution in [0, 0.1) is 0 Å². The molecule has 3 heterocycles. The van der Waals surface area contributed by atoms with E-state index in [0.717, 1.165) is 41.2 Å². The SMILES string of the molecule is CC12CC(c3ccc4c(c3)c3ccccc3n4-c3cccc(C4=NC(c5ccccc5)CC(c5ccccc5)=N4)c3)=CC=C1N(c1ccccc1)c1ccccc12. The molecule has 8 aromatic rings. The number of aliphatic imine (C=N–C) groups is 2. The van der Waals surface area contributed by atoms with E-state index in [1.54, 1.807) is 0 Å². The van der Waals surface area contributed by atoms with Crippen LogP contribution in [0.2, 0.25) is 0 Å². The van der Waals surface area contributed by atoms with Gasteiger partial charge in [-0.1, -0.05) is 140 Å². The third-order valence-electron chi connectivity index (χ3n) is 12.1. The van der Waals surface area contributed by atoms with E-state index in [4.69, 9.17) is 9.98 Å². The third-order valence-corrected chi connectivity index (χ3v) is 12.1. The summed E-state index contributed by atoms with van der Waals surface area (Å²) in [5.74, 6) is 0.767. The second kappa shape index (κ2) is 13.3. The average Bonchev–Trinajstić information content (AvgIpc) is 3.75. The minimum absolute atomic E-state index is 0.00868. The number of rotatable bonds is 6. The Balaban J connectivity index is 1.00. The number of aromatic nitrogens is 1. The van der Waals surface area contributed by atoms with Gasteiger partial charge in [-0.05, 0) is 95.8 Å². The van der Waals surface area contributed by atoms with E-state index in [1.165, 1.54) is 61.1 Å². The van der Waals surface area contributed by atoms with Gasteiger partial charge < -0.3 is 9.47 Å². The zero-order chi connectivity index (χ0) is 37.9. The summed E-state index contributed by atoms with van der Waals surface area (Å²) >= 11 is 0. The minimum atomic E-state index is -0.149. The van der Waals surface area contributed by atoms with Crippen molar-refractivity contribution in [1.29, 1.82) is 0 Å². The predicted molar refractivity (Wildman–Crippen MR) is 237 cm³/mol. The zero-order valence-corrected chi connectivity index (χ0v) is 31.8. The van der Waals surface area contributed by atoms with Crippen LogP contribution in [0.5, 0.6) is 0 Å². The number of hydrogen-bond donors (Lipinski definition) is 0. The molecule has 0 saturated carbocycles. The van der Waals surface area contributed by atoms with Crippen LogP contribution in [0.25, 0.3) is 33.1 Å². The van der Waals surface area contributed by atoms with Crippen molar-refractivity contribution in [3.05, 3.63) is 228 Å². The predicted octanol–water partition coefficient (Wildman–Crippen LogP) is 12.9. The van der Waals surface area contributed by atoms with Gasteiger partial charge in [0, 0.05) is 50.9 Å². The fourth-order valence-electron chi connectivity index (χ4n) is 9.40. The second-order valence-corrected chi connectivity index (χ2v) is 15.6. The lowest BCUT2D eigenvalue weighted by molar-refractivity contribution is 0.586. The maximum Gasteiger partial charge on any atom is 0.155 e. The summed E-state index contributed by atoms with van der Waals surface area (Å²) in [6.45, 7) is 2.41. The Kier molecular flexibility index (Phi) is 7.78. The maximum absolute atomic E-state index is 5.28. The molecule has 0 saturated heterocycles. The lowest BCUT2D eigenvalue weighted by atomic mass is 9.72. The summed E-state index contributed by atoms with van der Waals surface area (Å²) in [6.07, 6.45) is 6.38. The van der Waals surface area contributed by atoms with E-state index < -0.39 is 0 Å². The van der Waals surface area contributed by atoms with Gasteiger partial charge in [0.2, 0.25) is 0 Å². The van der Waals surface area contributed by atoms with Crippen molar-refractivity contribution >= 4 is 50.3 Å². The summed E-state index contributed by atoms with van der Waals surface area (Å²) in [7, 11) is 0. The fourth-order valence-corrected chi connectivity index (χ4v) is 9.40. The number of amidine groups is 1. The van der Waals surface area contributed by atoms with Crippen molar-refractivity contribution in [1.82, 2.24) is 4.57 Å². The topological polar surface area (TPSA) is 32.9 Å². The maximum atomic E-state index is 5.28. The van der Waals surface area contributed by atoms with E-state index in [-0.39, 0.29) is 11.5 Å². The van der Waals surface area contributed by atoms with Crippen LogP contribution in [0.4, 0.5) is 11.4 Å². The van der Waals surface area contributed by atoms with Gasteiger partial charge in [0.25, 0.3) is 0 Å². The first-order valence-electron chi connectivity index (χ1n) is 19.9. The van der Waals surface area contributed by atoms with Crippen molar-refractivity contribution in [3.63, 3.8) is 0 Å². The number of benzene rings is 7. The molecule has 4 nitrogen and oxygen atoms in total. The molecule has 1 aromatic heterocycles. The molecule has 4 heteroatoms. The number of anilines is 2. The van der Waals surface area contributed by atoms with Crippen molar-refractivity contribution in [2.45, 2.75) is 31.2 Å². The highest BCUT2D eigenvalue weighted by molar-refractivity contribution is 6.15. The standard InChI is InChI=1S/C53H40N4/c1-53-35-40(29-31-51(53)57(41-21-9-4-10-22-41)50-27-14-12-25-45(50)53)38-28-30-49-44(33-38)43-24-11-13-26-48(43)56(49)42-23-15-20-39(32-42)52-54-46(36-16-5-2-6-17-36)34-47(55-52)37-18-7-3-8-19-37/h2-33,46H,34-35H2,1H3. The first kappa shape index (κ1) is 33.3. The smallest absolute Gasteiger partial charge is 0.155 e. The molecule has 272 valence electrons. The Morgan fingerprint density at radius 1 is 0.561 bits per heavy atom. The van der Waals surface area contributed by atoms with Crippen LogP contribution in [0.1, 0.15) is 53.6 Å². The molecule has 2 aliphatic heterocycles. The molecular formula is C53H40N4. The molecule has 0 N–H and O–H groups in total. The molecule has 57 heavy (non-hydrogen) atoms. The molecule has 0 amide bonds. The van der Waals surface area contributed by atoms with Crippen LogP contribution in [0.3, 0.4) is 0 Å². The number of allylic oxidation sites excluding steroid dienone is 4. The van der Waals surface area contributed by atoms with Crippen molar-refractivity contribution in [2.75, 3.05) is 4.90 Å². The van der Waals surface area contributed by atoms with Gasteiger partial charge in [-0.25, -0.2) is 4.99 Å². The van der Waals surface area contributed by atoms with E-state index in [2.05, 4.69) is 211 Å². The van der Waals surface area contributed by atoms with Gasteiger partial charge in [-0.3, -0.25) is 4.99 Å². The van der Waals surface area contributed by atoms with E-state index in [0.29, 0.717) is 0 Å². The van der Waals surface area contributed by atoms with Gasteiger partial charge in [-0.2, -0.15) is 0 Å². The molecule has 2 atom stereocenters. The lowest BCUT2D eigenvalue weighted by Gasteiger charge is -2.34. The summed E-state index contributed by atoms with van der Waals surface area (Å²) in [5, 5.41) is 2.49. The highest BCUT2D eigenvalue weighted by Gasteiger charge is 2.45. The number of para-hydroxylation sites is 3. The zero-order valence-electron chi connectivity index (χ0n) is 31.8. The second-order valence-electron chi connectivity index (χ2n) is 15.6. The molecule has 11 rings (SSSR count). The molecular weight excluding hydrogens is 693 g/mol. The average molecular weight is 733 g/mol. The Labute approximate surface area is 333 Å². The van der Waals surface area contributed by atoms with Gasteiger partial charge in [-0.15, -0.1) is 0 Å². The highest BCUT2D eigenvalue weighted by atomic mass is 15.2. The molecule has 3 aliphatic rings. The molecule has 0 spiro atoms. The number of fused-ring (bicyclic) bond motifs is 6. The normalized spacial score (nSPS) is 18.8. The molecule has 2 unspecified atom stereocenters. The van der Waals surface area contributed by atoms with Gasteiger partial charge in [0.15, 0.2) is 5.84 Å². The van der Waals surface area contributed by atoms with E-state index in [9.17, 15) is 0 Å². The first-order valence-corrected chi connectivity index (χ1v) is 19.9. The highest BCUT2D eigenvalue weighted by Crippen LogP contribution is 2.56. The van der Waals surface area contributed by atoms with Crippen LogP contribution >= 0.6 is 0 Å². The minimum Gasteiger partial charge on any atom is -0.313 e. The third kappa shape index (κ3) is 5.51. The molecule has 7 aromatic carbocycles. The van der Waals surface area contributed by atoms with Crippen molar-refractivity contribution in [2.24, 2.45) is 9.98 Å². The number of hydrogen-bond acceptors (Lipinski definition) is 3. The van der Waals surface area contributed by atoms with Crippen LogP contribution in [0.15, 0.2) is 210 Å². The van der Waals surface area contributed by atoms with Crippen molar-refractivity contribution < 1.29 is 0 Å². The monoisotopic (exact) mass is 732 g/mol. The van der Waals surface area contributed by atoms with E-state index >= 15 is 0 Å². The summed E-state index contributed by atoms with van der Waals surface area (Å²) in [4.78, 5) is 12.9. The van der Waals surface area contributed by atoms with Gasteiger partial charge in [0.1, 0.15) is 0 Å². The Hall–Kier alpha value is -7.04. The van der Waals surface area contributed by atoms with E-state index in [1.807, 2.05) is 0 Å². The first-order chi connectivity index (χ1) is 28.1. The molecule has 0 radical (unpaired) electrons. The van der Waals surface area contributed by atoms with Crippen LogP contribution in [-0.4, -0.2) is 16.1 Å². The summed E-state index contributed by atoms with van der Waals surface area (Å²) in [6, 6.07) is 65.4. The Morgan fingerprint density at radius 3 is 2.09 bits per heavy atom. The summed E-state index contributed by atoms with van der Waals surface area (Å²) in [5.41, 5.74) is 15.5. The lowest BCUT2D eigenvalue weighted by Crippen LogP contribution is -2.28. The number of nitrogens with zero attached hydrogens (tertiary/aromatic N) is 4. The van der Waals surface area contributed by atoms with Crippen molar-refractivity contribution in [3.8, 4) is 5.69 Å². The van der Waals surface area contributed by atoms with Gasteiger partial charge >= 0.3 is 0 Å². The van der Waals surface area contributed by atoms with Gasteiger partial charge in [0.05, 0.1) is 22.8 Å². The van der Waals surface area contributed by atoms with Crippen LogP contribution in [-0.2, 0) is 5.41 Å². The Bertz CT molecular complexity index is 2970.